The number of fused-ring (bicyclic) bond motifs is 1. The quantitative estimate of drug-likeness (QED) is 0.431. The lowest BCUT2D eigenvalue weighted by molar-refractivity contribution is -0.118. The molecule has 21 heavy (non-hydrogen) atoms. The van der Waals surface area contributed by atoms with Gasteiger partial charge in [-0.15, -0.1) is 0 Å². The van der Waals surface area contributed by atoms with E-state index in [2.05, 4.69) is 13.5 Å². The number of carbonyl (C=O) groups excluding carboxylic acids is 1. The van der Waals surface area contributed by atoms with Crippen molar-refractivity contribution < 1.29 is 15.0 Å². The first kappa shape index (κ1) is 16.4. The molecule has 0 aromatic carbocycles. The normalized spacial score (nSPS) is 33.9. The summed E-state index contributed by atoms with van der Waals surface area (Å²) in [7, 11) is 0. The Balaban J connectivity index is 1.83. The van der Waals surface area contributed by atoms with Crippen LogP contribution in [0.25, 0.3) is 0 Å². The molecular weight excluding hydrogens is 264 g/mol. The molecule has 2 rings (SSSR count). The summed E-state index contributed by atoms with van der Waals surface area (Å²) in [6, 6.07) is 0. The van der Waals surface area contributed by atoms with Crippen LogP contribution in [0.2, 0.25) is 0 Å². The van der Waals surface area contributed by atoms with Crippen molar-refractivity contribution in [1.82, 2.24) is 0 Å². The lowest BCUT2D eigenvalue weighted by Gasteiger charge is -2.16. The van der Waals surface area contributed by atoms with E-state index in [1.54, 1.807) is 0 Å². The van der Waals surface area contributed by atoms with Crippen LogP contribution >= 0.6 is 0 Å². The Hall–Kier alpha value is -0.930. The lowest BCUT2D eigenvalue weighted by atomic mass is 9.90. The fourth-order valence-electron chi connectivity index (χ4n) is 3.78. The van der Waals surface area contributed by atoms with Crippen LogP contribution in [0, 0.1) is 17.8 Å². The monoisotopic (exact) mass is 292 g/mol. The number of carbonyl (C=O) groups is 1. The largest absolute Gasteiger partial charge is 0.393 e. The van der Waals surface area contributed by atoms with E-state index in [1.807, 2.05) is 12.2 Å². The minimum atomic E-state index is -0.425. The minimum Gasteiger partial charge on any atom is -0.393 e. The Bertz CT molecular complexity index is 413. The van der Waals surface area contributed by atoms with Gasteiger partial charge in [0.15, 0.2) is 5.78 Å². The number of hydrogen-bond donors (Lipinski definition) is 2. The van der Waals surface area contributed by atoms with Gasteiger partial charge in [-0.25, -0.2) is 0 Å². The molecule has 0 bridgehead atoms. The van der Waals surface area contributed by atoms with Crippen molar-refractivity contribution in [2.24, 2.45) is 17.8 Å². The zero-order valence-corrected chi connectivity index (χ0v) is 13.0. The molecule has 2 aliphatic carbocycles. The number of Topliss-reactive ketones (excluding diaryl/α,β-unsaturated/α-hetero) is 1. The summed E-state index contributed by atoms with van der Waals surface area (Å²) in [6.07, 6.45) is 9.44. The summed E-state index contributed by atoms with van der Waals surface area (Å²) in [5.41, 5.74) is 0.718. The first-order valence-electron chi connectivity index (χ1n) is 8.29. The molecule has 5 atom stereocenters. The highest BCUT2D eigenvalue weighted by Gasteiger charge is 2.49. The van der Waals surface area contributed by atoms with Crippen LogP contribution in [0.15, 0.2) is 24.3 Å². The maximum Gasteiger partial charge on any atom is 0.161 e. The Morgan fingerprint density at radius 1 is 1.43 bits per heavy atom. The summed E-state index contributed by atoms with van der Waals surface area (Å²) < 4.78 is 0. The third kappa shape index (κ3) is 3.83. The minimum absolute atomic E-state index is 0.0309. The SMILES string of the molecule is C=C1C[C@H]2[C@H](/C=C/CC(O)CCCCC)[C@H](O)C[C@@H]2C1=O. The molecule has 0 radical (unpaired) electrons. The van der Waals surface area contributed by atoms with Crippen LogP contribution in [0.5, 0.6) is 0 Å². The van der Waals surface area contributed by atoms with Gasteiger partial charge in [0, 0.05) is 11.8 Å². The summed E-state index contributed by atoms with van der Waals surface area (Å²) in [5.74, 6) is 0.376. The lowest BCUT2D eigenvalue weighted by Crippen LogP contribution is -2.16. The predicted molar refractivity (Wildman–Crippen MR) is 83.8 cm³/mol. The molecule has 0 aliphatic heterocycles. The van der Waals surface area contributed by atoms with Gasteiger partial charge in [0.25, 0.3) is 0 Å². The fourth-order valence-corrected chi connectivity index (χ4v) is 3.78. The van der Waals surface area contributed by atoms with Crippen LogP contribution in [0.3, 0.4) is 0 Å². The van der Waals surface area contributed by atoms with Gasteiger partial charge in [-0.3, -0.25) is 4.79 Å². The van der Waals surface area contributed by atoms with Gasteiger partial charge < -0.3 is 10.2 Å². The van der Waals surface area contributed by atoms with E-state index < -0.39 is 6.10 Å². The molecule has 0 heterocycles. The Labute approximate surface area is 127 Å². The van der Waals surface area contributed by atoms with Gasteiger partial charge in [-0.2, -0.15) is 0 Å². The third-order valence-electron chi connectivity index (χ3n) is 5.03. The molecule has 0 aromatic rings. The van der Waals surface area contributed by atoms with E-state index in [1.165, 1.54) is 0 Å². The Morgan fingerprint density at radius 3 is 2.90 bits per heavy atom. The molecule has 118 valence electrons. The molecule has 2 aliphatic rings. The summed E-state index contributed by atoms with van der Waals surface area (Å²) in [5, 5.41) is 20.0. The highest BCUT2D eigenvalue weighted by molar-refractivity contribution is 5.99. The van der Waals surface area contributed by atoms with E-state index >= 15 is 0 Å². The maximum atomic E-state index is 11.9. The second kappa shape index (κ2) is 7.37. The Morgan fingerprint density at radius 2 is 2.19 bits per heavy atom. The van der Waals surface area contributed by atoms with Crippen molar-refractivity contribution in [2.45, 2.75) is 64.1 Å². The second-order valence-corrected chi connectivity index (χ2v) is 6.64. The number of allylic oxidation sites excluding steroid dienone is 1. The predicted octanol–water partition coefficient (Wildman–Crippen LogP) is 3.02. The van der Waals surface area contributed by atoms with E-state index in [0.717, 1.165) is 31.3 Å². The molecule has 2 N–H and O–H groups in total. The number of unbranched alkanes of at least 4 members (excludes halogenated alkanes) is 2. The molecule has 0 spiro atoms. The number of aliphatic hydroxyl groups is 2. The highest BCUT2D eigenvalue weighted by atomic mass is 16.3. The van der Waals surface area contributed by atoms with Crippen LogP contribution in [-0.2, 0) is 4.79 Å². The van der Waals surface area contributed by atoms with Crippen molar-refractivity contribution in [1.29, 1.82) is 0 Å². The van der Waals surface area contributed by atoms with Crippen molar-refractivity contribution >= 4 is 5.78 Å². The zero-order valence-electron chi connectivity index (χ0n) is 13.0. The van der Waals surface area contributed by atoms with Gasteiger partial charge in [0.2, 0.25) is 0 Å². The first-order chi connectivity index (χ1) is 10.0. The topological polar surface area (TPSA) is 57.5 Å². The van der Waals surface area contributed by atoms with Gasteiger partial charge in [-0.05, 0) is 37.2 Å². The molecule has 0 amide bonds. The third-order valence-corrected chi connectivity index (χ3v) is 5.03. The molecule has 3 heteroatoms. The average Bonchev–Trinajstić information content (AvgIpc) is 2.89. The number of hydrogen-bond acceptors (Lipinski definition) is 3. The number of aliphatic hydroxyl groups excluding tert-OH is 2. The van der Waals surface area contributed by atoms with Crippen molar-refractivity contribution in [3.05, 3.63) is 24.3 Å². The van der Waals surface area contributed by atoms with Crippen LogP contribution in [-0.4, -0.2) is 28.2 Å². The van der Waals surface area contributed by atoms with E-state index in [4.69, 9.17) is 0 Å². The molecule has 2 fully saturated rings. The maximum absolute atomic E-state index is 11.9. The van der Waals surface area contributed by atoms with Gasteiger partial charge in [0.1, 0.15) is 0 Å². The van der Waals surface area contributed by atoms with Crippen molar-refractivity contribution in [3.63, 3.8) is 0 Å². The average molecular weight is 292 g/mol. The molecule has 0 aromatic heterocycles. The van der Waals surface area contributed by atoms with Crippen LogP contribution < -0.4 is 0 Å². The molecule has 1 unspecified atom stereocenters. The summed E-state index contributed by atoms with van der Waals surface area (Å²) >= 11 is 0. The van der Waals surface area contributed by atoms with Gasteiger partial charge in [-0.1, -0.05) is 44.9 Å². The molecular formula is C18H28O3. The van der Waals surface area contributed by atoms with E-state index in [0.29, 0.717) is 19.3 Å². The zero-order chi connectivity index (χ0) is 15.4. The standard InChI is InChI=1S/C18H28O3/c1-3-4-5-7-13(19)8-6-9-14-15-10-12(2)18(21)16(15)11-17(14)20/h6,9,13-17,19-20H,2-5,7-8,10-11H2,1H3/b9-6+/t13?,14-,15-,16-,17+/m0/s1. The number of rotatable bonds is 7. The first-order valence-corrected chi connectivity index (χ1v) is 8.29. The smallest absolute Gasteiger partial charge is 0.161 e. The summed E-state index contributed by atoms with van der Waals surface area (Å²) in [6.45, 7) is 5.99. The molecule has 2 saturated carbocycles. The molecule has 0 saturated heterocycles. The highest BCUT2D eigenvalue weighted by Crippen LogP contribution is 2.48. The summed E-state index contributed by atoms with van der Waals surface area (Å²) in [4.78, 5) is 11.9. The van der Waals surface area contributed by atoms with Crippen molar-refractivity contribution in [3.8, 4) is 0 Å². The molecule has 3 nitrogen and oxygen atoms in total. The Kier molecular flexibility index (Phi) is 5.77. The van der Waals surface area contributed by atoms with Gasteiger partial charge >= 0.3 is 0 Å². The van der Waals surface area contributed by atoms with E-state index in [-0.39, 0.29) is 29.6 Å². The van der Waals surface area contributed by atoms with Crippen molar-refractivity contribution in [2.75, 3.05) is 0 Å². The second-order valence-electron chi connectivity index (χ2n) is 6.64. The van der Waals surface area contributed by atoms with Gasteiger partial charge in [0.05, 0.1) is 12.2 Å². The van der Waals surface area contributed by atoms with E-state index in [9.17, 15) is 15.0 Å². The van der Waals surface area contributed by atoms with Crippen LogP contribution in [0.1, 0.15) is 51.9 Å². The number of ketones is 1. The fraction of sp³-hybridized carbons (Fsp3) is 0.722. The van der Waals surface area contributed by atoms with Crippen LogP contribution in [0.4, 0.5) is 0 Å².